The van der Waals surface area contributed by atoms with E-state index in [0.717, 1.165) is 16.9 Å². The molecular weight excluding hydrogens is 375 g/mol. The molecule has 3 rings (SSSR count). The van der Waals surface area contributed by atoms with Gasteiger partial charge in [0.15, 0.2) is 21.5 Å². The molecule has 0 amide bonds. The van der Waals surface area contributed by atoms with Crippen molar-refractivity contribution in [2.24, 2.45) is 0 Å². The molecule has 138 valence electrons. The van der Waals surface area contributed by atoms with Gasteiger partial charge in [-0.1, -0.05) is 6.92 Å². The van der Waals surface area contributed by atoms with Crippen LogP contribution < -0.4 is 5.48 Å². The van der Waals surface area contributed by atoms with E-state index in [4.69, 9.17) is 5.21 Å². The number of anilines is 1. The Labute approximate surface area is 145 Å². The third kappa shape index (κ3) is 3.20. The summed E-state index contributed by atoms with van der Waals surface area (Å²) in [5.74, 6) is -0.423. The normalized spacial score (nSPS) is 12.5. The molecule has 26 heavy (non-hydrogen) atoms. The predicted octanol–water partition coefficient (Wildman–Crippen LogP) is 2.43. The number of halogens is 3. The fourth-order valence-electron chi connectivity index (χ4n) is 2.24. The van der Waals surface area contributed by atoms with E-state index in [0.29, 0.717) is 0 Å². The summed E-state index contributed by atoms with van der Waals surface area (Å²) in [5, 5.41) is 13.2. The van der Waals surface area contributed by atoms with E-state index in [1.165, 1.54) is 25.3 Å². The van der Waals surface area contributed by atoms with Crippen LogP contribution in [0, 0.1) is 0 Å². The van der Waals surface area contributed by atoms with Crippen molar-refractivity contribution in [3.8, 4) is 5.82 Å². The lowest BCUT2D eigenvalue weighted by molar-refractivity contribution is -0.141. The van der Waals surface area contributed by atoms with E-state index >= 15 is 0 Å². The van der Waals surface area contributed by atoms with Gasteiger partial charge in [-0.2, -0.15) is 18.3 Å². The van der Waals surface area contributed by atoms with Crippen LogP contribution in [0.25, 0.3) is 16.7 Å². The lowest BCUT2D eigenvalue weighted by Crippen LogP contribution is -2.12. The zero-order valence-electron chi connectivity index (χ0n) is 13.2. The van der Waals surface area contributed by atoms with Crippen LogP contribution in [0.2, 0.25) is 0 Å². The summed E-state index contributed by atoms with van der Waals surface area (Å²) in [7, 11) is -3.70. The Morgan fingerprint density at radius 1 is 1.31 bits per heavy atom. The minimum Gasteiger partial charge on any atom is -0.290 e. The summed E-state index contributed by atoms with van der Waals surface area (Å²) < 4.78 is 63.9. The Kier molecular flexibility index (Phi) is 4.32. The maximum atomic E-state index is 12.8. The summed E-state index contributed by atoms with van der Waals surface area (Å²) in [4.78, 5) is 7.13. The van der Waals surface area contributed by atoms with Crippen LogP contribution in [0.4, 0.5) is 19.0 Å². The van der Waals surface area contributed by atoms with Gasteiger partial charge in [-0.25, -0.2) is 18.1 Å². The topological polar surface area (TPSA) is 110 Å². The Hall–Kier alpha value is -2.73. The molecule has 0 bridgehead atoms. The molecule has 0 aliphatic heterocycles. The zero-order valence-corrected chi connectivity index (χ0v) is 14.0. The molecule has 0 saturated heterocycles. The number of rotatable bonds is 4. The number of alkyl halides is 3. The third-order valence-electron chi connectivity index (χ3n) is 3.57. The smallest absolute Gasteiger partial charge is 0.290 e. The van der Waals surface area contributed by atoms with Crippen molar-refractivity contribution in [2.45, 2.75) is 18.0 Å². The van der Waals surface area contributed by atoms with Crippen molar-refractivity contribution >= 4 is 26.6 Å². The number of nitrogens with one attached hydrogen (secondary N) is 1. The fourth-order valence-corrected chi connectivity index (χ4v) is 3.25. The number of fused-ring (bicyclic) bond motifs is 1. The van der Waals surface area contributed by atoms with Gasteiger partial charge in [-0.3, -0.25) is 15.7 Å². The van der Waals surface area contributed by atoms with Gasteiger partial charge in [0.2, 0.25) is 0 Å². The molecule has 0 aromatic carbocycles. The van der Waals surface area contributed by atoms with Crippen LogP contribution in [-0.4, -0.2) is 39.1 Å². The summed E-state index contributed by atoms with van der Waals surface area (Å²) in [6.45, 7) is 1.44. The van der Waals surface area contributed by atoms with E-state index in [1.807, 2.05) is 0 Å². The molecular formula is C14H12F3N5O3S. The second-order valence-corrected chi connectivity index (χ2v) is 7.48. The van der Waals surface area contributed by atoms with Crippen LogP contribution in [0.1, 0.15) is 12.6 Å². The monoisotopic (exact) mass is 387 g/mol. The quantitative estimate of drug-likeness (QED) is 0.662. The summed E-state index contributed by atoms with van der Waals surface area (Å²) in [6.07, 6.45) is -2.34. The summed E-state index contributed by atoms with van der Waals surface area (Å²) in [6, 6.07) is 3.23. The minimum absolute atomic E-state index is 0.0312. The van der Waals surface area contributed by atoms with Gasteiger partial charge in [0, 0.05) is 17.8 Å². The fraction of sp³-hybridized carbons (Fsp3) is 0.214. The first-order chi connectivity index (χ1) is 12.2. The van der Waals surface area contributed by atoms with Gasteiger partial charge in [-0.15, -0.1) is 0 Å². The highest BCUT2D eigenvalue weighted by Gasteiger charge is 2.33. The molecule has 12 heteroatoms. The molecule has 3 aromatic rings. The van der Waals surface area contributed by atoms with Crippen molar-refractivity contribution < 1.29 is 26.8 Å². The molecule has 0 radical (unpaired) electrons. The molecule has 3 heterocycles. The molecule has 0 spiro atoms. The largest absolute Gasteiger partial charge is 0.433 e. The molecule has 0 saturated carbocycles. The van der Waals surface area contributed by atoms with E-state index < -0.39 is 21.7 Å². The van der Waals surface area contributed by atoms with Gasteiger partial charge in [0.25, 0.3) is 0 Å². The van der Waals surface area contributed by atoms with E-state index in [-0.39, 0.29) is 33.2 Å². The van der Waals surface area contributed by atoms with Crippen molar-refractivity contribution in [1.82, 2.24) is 19.7 Å². The highest BCUT2D eigenvalue weighted by atomic mass is 32.2. The Morgan fingerprint density at radius 3 is 2.65 bits per heavy atom. The number of sulfone groups is 1. The molecule has 8 nitrogen and oxygen atoms in total. The van der Waals surface area contributed by atoms with Crippen LogP contribution in [0.15, 0.2) is 35.5 Å². The minimum atomic E-state index is -4.63. The Bertz CT molecular complexity index is 1080. The SMILES string of the molecule is CCS(=O)(=O)c1ccc(NO)nc1-n1cc2cnc(C(F)(F)F)cc2n1. The third-order valence-corrected chi connectivity index (χ3v) is 5.31. The molecule has 3 aromatic heterocycles. The first-order valence-corrected chi connectivity index (χ1v) is 8.88. The summed E-state index contributed by atoms with van der Waals surface area (Å²) in [5.41, 5.74) is 0.642. The molecule has 0 aliphatic rings. The predicted molar refractivity (Wildman–Crippen MR) is 84.8 cm³/mol. The van der Waals surface area contributed by atoms with Gasteiger partial charge >= 0.3 is 6.18 Å². The number of aromatic nitrogens is 4. The van der Waals surface area contributed by atoms with E-state index in [1.54, 1.807) is 5.48 Å². The Morgan fingerprint density at radius 2 is 2.04 bits per heavy atom. The first-order valence-electron chi connectivity index (χ1n) is 7.22. The average Bonchev–Trinajstić information content (AvgIpc) is 3.03. The number of hydrogen-bond acceptors (Lipinski definition) is 7. The maximum Gasteiger partial charge on any atom is 0.433 e. The van der Waals surface area contributed by atoms with Crippen LogP contribution >= 0.6 is 0 Å². The number of hydrogen-bond donors (Lipinski definition) is 2. The molecule has 0 aliphatic carbocycles. The second kappa shape index (κ2) is 6.21. The van der Waals surface area contributed by atoms with Crippen molar-refractivity contribution in [3.63, 3.8) is 0 Å². The lowest BCUT2D eigenvalue weighted by atomic mass is 10.3. The van der Waals surface area contributed by atoms with Crippen molar-refractivity contribution in [2.75, 3.05) is 11.2 Å². The van der Waals surface area contributed by atoms with Gasteiger partial charge < -0.3 is 0 Å². The molecule has 0 fully saturated rings. The summed E-state index contributed by atoms with van der Waals surface area (Å²) >= 11 is 0. The second-order valence-electron chi connectivity index (χ2n) is 5.23. The van der Waals surface area contributed by atoms with Crippen LogP contribution in [0.5, 0.6) is 0 Å². The Balaban J connectivity index is 2.22. The molecule has 2 N–H and O–H groups in total. The van der Waals surface area contributed by atoms with Gasteiger partial charge in [-0.05, 0) is 18.2 Å². The maximum absolute atomic E-state index is 12.8. The standard InChI is InChI=1S/C14H12F3N5O3S/c1-2-26(24,25)10-3-4-12(21-23)19-13(10)22-7-8-6-18-11(14(15,16)17)5-9(8)20-22/h3-7,23H,2H2,1H3,(H,19,21). The van der Waals surface area contributed by atoms with E-state index in [9.17, 15) is 21.6 Å². The molecule has 0 atom stereocenters. The average molecular weight is 387 g/mol. The van der Waals surface area contributed by atoms with Crippen LogP contribution in [0.3, 0.4) is 0 Å². The zero-order chi connectivity index (χ0) is 19.1. The van der Waals surface area contributed by atoms with Crippen molar-refractivity contribution in [3.05, 3.63) is 36.3 Å². The highest BCUT2D eigenvalue weighted by molar-refractivity contribution is 7.91. The number of pyridine rings is 2. The van der Waals surface area contributed by atoms with Gasteiger partial charge in [0.05, 0.1) is 11.3 Å². The lowest BCUT2D eigenvalue weighted by Gasteiger charge is -2.10. The van der Waals surface area contributed by atoms with Gasteiger partial charge in [0.1, 0.15) is 10.6 Å². The highest BCUT2D eigenvalue weighted by Crippen LogP contribution is 2.30. The van der Waals surface area contributed by atoms with E-state index in [2.05, 4.69) is 15.1 Å². The first kappa shape index (κ1) is 18.1. The van der Waals surface area contributed by atoms with Crippen molar-refractivity contribution in [1.29, 1.82) is 0 Å². The number of nitrogens with zero attached hydrogens (tertiary/aromatic N) is 4. The van der Waals surface area contributed by atoms with Crippen LogP contribution in [-0.2, 0) is 16.0 Å². The molecule has 0 unspecified atom stereocenters.